The van der Waals surface area contributed by atoms with E-state index in [1.54, 1.807) is 11.8 Å². The molecule has 1 rings (SSSR count). The van der Waals surface area contributed by atoms with Gasteiger partial charge < -0.3 is 5.73 Å². The Bertz CT molecular complexity index is 273. The topological polar surface area (TPSA) is 38.4 Å². The monoisotopic (exact) mass is 238 g/mol. The number of hydrogen-bond acceptors (Lipinski definition) is 3. The molecule has 0 aromatic heterocycles. The van der Waals surface area contributed by atoms with Gasteiger partial charge in [-0.05, 0) is 12.5 Å². The van der Waals surface area contributed by atoms with Crippen LogP contribution in [-0.4, -0.2) is 17.8 Å². The van der Waals surface area contributed by atoms with Gasteiger partial charge in [-0.15, -0.1) is 11.8 Å². The molecular formula is C13H22N2S. The third-order valence-corrected chi connectivity index (χ3v) is 2.68. The second kappa shape index (κ2) is 10.7. The number of rotatable bonds is 5. The van der Waals surface area contributed by atoms with Crippen LogP contribution in [0.4, 0.5) is 0 Å². The van der Waals surface area contributed by atoms with Gasteiger partial charge in [0.25, 0.3) is 0 Å². The van der Waals surface area contributed by atoms with Gasteiger partial charge in [0.2, 0.25) is 0 Å². The maximum atomic E-state index is 5.99. The van der Waals surface area contributed by atoms with Gasteiger partial charge in [0.05, 0.1) is 5.55 Å². The fourth-order valence-electron chi connectivity index (χ4n) is 1.07. The molecular weight excluding hydrogens is 216 g/mol. The van der Waals surface area contributed by atoms with Crippen molar-refractivity contribution in [2.75, 3.05) is 12.3 Å². The van der Waals surface area contributed by atoms with Crippen molar-refractivity contribution < 1.29 is 0 Å². The Hall–Kier alpha value is -0.800. The van der Waals surface area contributed by atoms with Crippen LogP contribution in [0.25, 0.3) is 0 Å². The average molecular weight is 238 g/mol. The maximum Gasteiger partial charge on any atom is 0.0541 e. The number of benzene rings is 1. The smallest absolute Gasteiger partial charge is 0.0541 e. The van der Waals surface area contributed by atoms with Crippen LogP contribution in [0.3, 0.4) is 0 Å². The lowest BCUT2D eigenvalue weighted by Crippen LogP contribution is -2.12. The highest BCUT2D eigenvalue weighted by molar-refractivity contribution is 8.12. The first-order chi connectivity index (χ1) is 7.84. The summed E-state index contributed by atoms with van der Waals surface area (Å²) in [6, 6.07) is 10.2. The fourth-order valence-corrected chi connectivity index (χ4v) is 1.81. The molecule has 0 saturated carbocycles. The first-order valence-electron chi connectivity index (χ1n) is 5.75. The van der Waals surface area contributed by atoms with E-state index >= 15 is 0 Å². The zero-order valence-corrected chi connectivity index (χ0v) is 11.2. The van der Waals surface area contributed by atoms with E-state index in [4.69, 9.17) is 5.73 Å². The van der Waals surface area contributed by atoms with Gasteiger partial charge in [0.1, 0.15) is 0 Å². The molecule has 1 aromatic rings. The molecule has 1 unspecified atom stereocenters. The van der Waals surface area contributed by atoms with Crippen LogP contribution in [0.15, 0.2) is 35.3 Å². The van der Waals surface area contributed by atoms with Gasteiger partial charge in [0, 0.05) is 18.3 Å². The van der Waals surface area contributed by atoms with Crippen molar-refractivity contribution in [3.05, 3.63) is 35.9 Å². The number of thioether (sulfide) groups is 1. The third-order valence-electron chi connectivity index (χ3n) is 1.84. The Morgan fingerprint density at radius 1 is 1.31 bits per heavy atom. The molecule has 0 saturated heterocycles. The maximum absolute atomic E-state index is 5.99. The molecule has 0 bridgehead atoms. The number of nitrogens with zero attached hydrogens (tertiary/aromatic N) is 1. The van der Waals surface area contributed by atoms with Crippen LogP contribution >= 0.6 is 11.8 Å². The summed E-state index contributed by atoms with van der Waals surface area (Å²) in [6.07, 6.45) is 0. The summed E-state index contributed by atoms with van der Waals surface area (Å²) in [6.45, 7) is 6.86. The van der Waals surface area contributed by atoms with Crippen LogP contribution in [0.5, 0.6) is 0 Å². The molecule has 0 heterocycles. The quantitative estimate of drug-likeness (QED) is 0.630. The molecule has 2 nitrogen and oxygen atoms in total. The number of nitrogens with two attached hydrogens (primary N) is 1. The van der Waals surface area contributed by atoms with E-state index in [1.165, 1.54) is 5.56 Å². The van der Waals surface area contributed by atoms with Crippen LogP contribution in [-0.2, 0) is 0 Å². The molecule has 0 fully saturated rings. The Morgan fingerprint density at radius 3 is 2.50 bits per heavy atom. The standard InChI is InChI=1S/C11H16N2S.C2H6/c1-2-13-9-14-8-11(12)10-6-4-3-5-7-10;1-2/h3-7,9,11H,2,8,12H2,1H3;1-2H3. The molecule has 0 aliphatic rings. The summed E-state index contributed by atoms with van der Waals surface area (Å²) in [5.41, 5.74) is 9.06. The van der Waals surface area contributed by atoms with Crippen LogP contribution in [0.1, 0.15) is 32.4 Å². The second-order valence-electron chi connectivity index (χ2n) is 2.95. The molecule has 90 valence electrons. The van der Waals surface area contributed by atoms with E-state index < -0.39 is 0 Å². The lowest BCUT2D eigenvalue weighted by atomic mass is 10.1. The van der Waals surface area contributed by atoms with E-state index in [0.717, 1.165) is 12.3 Å². The van der Waals surface area contributed by atoms with Crippen molar-refractivity contribution in [1.29, 1.82) is 0 Å². The average Bonchev–Trinajstić information content (AvgIpc) is 2.38. The molecule has 3 heteroatoms. The Morgan fingerprint density at radius 2 is 1.94 bits per heavy atom. The van der Waals surface area contributed by atoms with Crippen molar-refractivity contribution in [2.45, 2.75) is 26.8 Å². The van der Waals surface area contributed by atoms with Gasteiger partial charge in [-0.2, -0.15) is 0 Å². The summed E-state index contributed by atoms with van der Waals surface area (Å²) >= 11 is 1.66. The van der Waals surface area contributed by atoms with E-state index in [0.29, 0.717) is 0 Å². The zero-order chi connectivity index (χ0) is 12.2. The minimum Gasteiger partial charge on any atom is -0.323 e. The summed E-state index contributed by atoms with van der Waals surface area (Å²) in [5, 5.41) is 0. The first-order valence-corrected chi connectivity index (χ1v) is 6.80. The molecule has 1 atom stereocenters. The van der Waals surface area contributed by atoms with Gasteiger partial charge in [0.15, 0.2) is 0 Å². The Labute approximate surface area is 103 Å². The Balaban J connectivity index is 0.00000106. The van der Waals surface area contributed by atoms with Crippen molar-refractivity contribution in [1.82, 2.24) is 0 Å². The second-order valence-corrected chi connectivity index (χ2v) is 3.83. The normalized spacial score (nSPS) is 12.0. The van der Waals surface area contributed by atoms with Gasteiger partial charge in [-0.3, -0.25) is 4.99 Å². The molecule has 0 radical (unpaired) electrons. The number of aliphatic imine (C=N–C) groups is 1. The third kappa shape index (κ3) is 6.64. The van der Waals surface area contributed by atoms with Crippen LogP contribution in [0, 0.1) is 0 Å². The van der Waals surface area contributed by atoms with E-state index in [1.807, 2.05) is 44.5 Å². The van der Waals surface area contributed by atoms with E-state index in [2.05, 4.69) is 17.1 Å². The molecule has 1 aromatic carbocycles. The highest BCUT2D eigenvalue weighted by Crippen LogP contribution is 2.13. The lowest BCUT2D eigenvalue weighted by molar-refractivity contribution is 0.833. The van der Waals surface area contributed by atoms with E-state index in [-0.39, 0.29) is 6.04 Å². The summed E-state index contributed by atoms with van der Waals surface area (Å²) < 4.78 is 0. The van der Waals surface area contributed by atoms with E-state index in [9.17, 15) is 0 Å². The zero-order valence-electron chi connectivity index (χ0n) is 10.4. The summed E-state index contributed by atoms with van der Waals surface area (Å²) in [4.78, 5) is 4.12. The van der Waals surface area contributed by atoms with Crippen molar-refractivity contribution in [2.24, 2.45) is 10.7 Å². The van der Waals surface area contributed by atoms with Gasteiger partial charge in [-0.1, -0.05) is 44.2 Å². The predicted molar refractivity (Wildman–Crippen MR) is 76.2 cm³/mol. The molecule has 0 spiro atoms. The predicted octanol–water partition coefficient (Wildman–Crippen LogP) is 3.49. The Kier molecular flexibility index (Phi) is 10.2. The summed E-state index contributed by atoms with van der Waals surface area (Å²) in [5.74, 6) is 0.882. The van der Waals surface area contributed by atoms with Crippen LogP contribution < -0.4 is 5.73 Å². The molecule has 2 N–H and O–H groups in total. The minimum atomic E-state index is 0.101. The van der Waals surface area contributed by atoms with Crippen LogP contribution in [0.2, 0.25) is 0 Å². The largest absolute Gasteiger partial charge is 0.323 e. The van der Waals surface area contributed by atoms with Gasteiger partial charge >= 0.3 is 0 Å². The molecule has 0 aliphatic heterocycles. The fraction of sp³-hybridized carbons (Fsp3) is 0.462. The molecule has 16 heavy (non-hydrogen) atoms. The highest BCUT2D eigenvalue weighted by atomic mass is 32.2. The van der Waals surface area contributed by atoms with Crippen molar-refractivity contribution >= 4 is 17.3 Å². The first kappa shape index (κ1) is 15.2. The molecule has 0 aliphatic carbocycles. The van der Waals surface area contributed by atoms with Crippen molar-refractivity contribution in [3.8, 4) is 0 Å². The minimum absolute atomic E-state index is 0.101. The molecule has 0 amide bonds. The SMILES string of the molecule is CC.CCN=CSCC(N)c1ccccc1. The number of hydrogen-bond donors (Lipinski definition) is 1. The highest BCUT2D eigenvalue weighted by Gasteiger charge is 2.03. The van der Waals surface area contributed by atoms with Crippen molar-refractivity contribution in [3.63, 3.8) is 0 Å². The summed E-state index contributed by atoms with van der Waals surface area (Å²) in [7, 11) is 0. The van der Waals surface area contributed by atoms with Gasteiger partial charge in [-0.25, -0.2) is 0 Å². The lowest BCUT2D eigenvalue weighted by Gasteiger charge is -2.09.